The van der Waals surface area contributed by atoms with Crippen molar-refractivity contribution in [3.63, 3.8) is 0 Å². The predicted octanol–water partition coefficient (Wildman–Crippen LogP) is 3.40. The van der Waals surface area contributed by atoms with Crippen molar-refractivity contribution < 1.29 is 4.74 Å². The Kier molecular flexibility index (Phi) is 5.72. The summed E-state index contributed by atoms with van der Waals surface area (Å²) in [5.74, 6) is 2.33. The molecule has 0 aliphatic carbocycles. The van der Waals surface area contributed by atoms with Gasteiger partial charge in [0.25, 0.3) is 0 Å². The molecule has 144 valence electrons. The molecule has 1 saturated heterocycles. The van der Waals surface area contributed by atoms with Crippen LogP contribution in [0, 0.1) is 0 Å². The molecule has 1 aliphatic rings. The van der Waals surface area contributed by atoms with Crippen LogP contribution in [0.1, 0.15) is 30.0 Å². The van der Waals surface area contributed by atoms with Crippen LogP contribution in [0.3, 0.4) is 0 Å². The zero-order valence-corrected chi connectivity index (χ0v) is 16.0. The van der Waals surface area contributed by atoms with E-state index >= 15 is 0 Å². The summed E-state index contributed by atoms with van der Waals surface area (Å²) in [4.78, 5) is 19.8. The largest absolute Gasteiger partial charge is 0.497 e. The van der Waals surface area contributed by atoms with Gasteiger partial charge in [0.2, 0.25) is 11.9 Å². The molecule has 7 heteroatoms. The fourth-order valence-corrected chi connectivity index (χ4v) is 3.55. The first-order chi connectivity index (χ1) is 13.8. The summed E-state index contributed by atoms with van der Waals surface area (Å²) in [6.45, 7) is 3.04. The highest BCUT2D eigenvalue weighted by Crippen LogP contribution is 2.27. The van der Waals surface area contributed by atoms with Gasteiger partial charge in [0, 0.05) is 37.6 Å². The first-order valence-corrected chi connectivity index (χ1v) is 9.52. The first kappa shape index (κ1) is 18.3. The van der Waals surface area contributed by atoms with Crippen LogP contribution >= 0.6 is 0 Å². The first-order valence-electron chi connectivity index (χ1n) is 9.52. The third kappa shape index (κ3) is 4.61. The Hall–Kier alpha value is -3.06. The highest BCUT2D eigenvalue weighted by atomic mass is 16.5. The Balaban J connectivity index is 1.41. The zero-order chi connectivity index (χ0) is 19.2. The molecule has 1 aromatic carbocycles. The van der Waals surface area contributed by atoms with Crippen LogP contribution in [0.15, 0.2) is 55.0 Å². The second-order valence-corrected chi connectivity index (χ2v) is 6.92. The number of nitrogens with zero attached hydrogens (tertiary/aromatic N) is 5. The quantitative estimate of drug-likeness (QED) is 0.706. The second-order valence-electron chi connectivity index (χ2n) is 6.92. The number of benzene rings is 1. The van der Waals surface area contributed by atoms with E-state index in [1.54, 1.807) is 31.8 Å². The number of hydrogen-bond acceptors (Lipinski definition) is 7. The molecule has 0 spiro atoms. The van der Waals surface area contributed by atoms with Gasteiger partial charge in [0.05, 0.1) is 12.8 Å². The molecule has 1 atom stereocenters. The van der Waals surface area contributed by atoms with Crippen molar-refractivity contribution in [1.82, 2.24) is 24.8 Å². The average molecular weight is 376 g/mol. The number of ether oxygens (including phenoxy) is 1. The maximum absolute atomic E-state index is 5.25. The molecule has 0 radical (unpaired) electrons. The molecule has 28 heavy (non-hydrogen) atoms. The Morgan fingerprint density at radius 3 is 2.61 bits per heavy atom. The summed E-state index contributed by atoms with van der Waals surface area (Å²) in [6, 6.07) is 12.1. The SMILES string of the molecule is COc1ccc(CN2CCC[C@H](c3ccnc(Nc4ncccn4)n3)C2)cc1. The topological polar surface area (TPSA) is 76.1 Å². The lowest BCUT2D eigenvalue weighted by molar-refractivity contribution is 0.198. The number of hydrogen-bond donors (Lipinski definition) is 1. The van der Waals surface area contributed by atoms with Gasteiger partial charge in [-0.15, -0.1) is 0 Å². The number of piperidine rings is 1. The highest BCUT2D eigenvalue weighted by Gasteiger charge is 2.23. The highest BCUT2D eigenvalue weighted by molar-refractivity contribution is 5.41. The standard InChI is InChI=1S/C21H24N6O/c1-28-18-7-5-16(6-8-18)14-27-13-2-4-17(15-27)19-9-12-24-21(25-19)26-20-22-10-3-11-23-20/h3,5-12,17H,2,4,13-15H2,1H3,(H,22,23,24,25,26)/t17-/m0/s1. The summed E-state index contributed by atoms with van der Waals surface area (Å²) >= 11 is 0. The van der Waals surface area contributed by atoms with E-state index in [-0.39, 0.29) is 0 Å². The van der Waals surface area contributed by atoms with Gasteiger partial charge in [0.15, 0.2) is 0 Å². The van der Waals surface area contributed by atoms with Crippen LogP contribution in [0.4, 0.5) is 11.9 Å². The minimum absolute atomic E-state index is 0.396. The van der Waals surface area contributed by atoms with E-state index in [0.29, 0.717) is 17.8 Å². The zero-order valence-electron chi connectivity index (χ0n) is 16.0. The molecule has 4 rings (SSSR count). The normalized spacial score (nSPS) is 17.2. The molecule has 0 unspecified atom stereocenters. The van der Waals surface area contributed by atoms with Crippen molar-refractivity contribution in [2.24, 2.45) is 0 Å². The summed E-state index contributed by atoms with van der Waals surface area (Å²) in [5, 5.41) is 3.08. The lowest BCUT2D eigenvalue weighted by Crippen LogP contribution is -2.34. The Bertz CT molecular complexity index is 887. The maximum atomic E-state index is 5.25. The van der Waals surface area contributed by atoms with Gasteiger partial charge in [-0.1, -0.05) is 12.1 Å². The molecule has 1 aliphatic heterocycles. The Morgan fingerprint density at radius 2 is 1.82 bits per heavy atom. The van der Waals surface area contributed by atoms with Crippen molar-refractivity contribution in [3.8, 4) is 5.75 Å². The number of nitrogens with one attached hydrogen (secondary N) is 1. The predicted molar refractivity (Wildman–Crippen MR) is 108 cm³/mol. The molecule has 0 amide bonds. The average Bonchev–Trinajstić information content (AvgIpc) is 2.75. The summed E-state index contributed by atoms with van der Waals surface area (Å²) in [5.41, 5.74) is 2.36. The van der Waals surface area contributed by atoms with Gasteiger partial charge in [-0.3, -0.25) is 10.2 Å². The van der Waals surface area contributed by atoms with Crippen molar-refractivity contribution in [2.45, 2.75) is 25.3 Å². The third-order valence-corrected chi connectivity index (χ3v) is 4.96. The maximum Gasteiger partial charge on any atom is 0.229 e. The van der Waals surface area contributed by atoms with E-state index in [0.717, 1.165) is 43.9 Å². The molecule has 7 nitrogen and oxygen atoms in total. The van der Waals surface area contributed by atoms with Gasteiger partial charge in [-0.25, -0.2) is 19.9 Å². The molecule has 1 fully saturated rings. The van der Waals surface area contributed by atoms with Gasteiger partial charge in [-0.05, 0) is 49.2 Å². The van der Waals surface area contributed by atoms with E-state index in [9.17, 15) is 0 Å². The molecule has 2 aromatic heterocycles. The lowest BCUT2D eigenvalue weighted by Gasteiger charge is -2.32. The van der Waals surface area contributed by atoms with Crippen LogP contribution in [-0.4, -0.2) is 45.0 Å². The molecule has 0 bridgehead atoms. The molecular weight excluding hydrogens is 352 g/mol. The van der Waals surface area contributed by atoms with Gasteiger partial charge < -0.3 is 4.74 Å². The summed E-state index contributed by atoms with van der Waals surface area (Å²) in [6.07, 6.45) is 7.48. The molecule has 3 aromatic rings. The monoisotopic (exact) mass is 376 g/mol. The summed E-state index contributed by atoms with van der Waals surface area (Å²) in [7, 11) is 1.69. The fraction of sp³-hybridized carbons (Fsp3) is 0.333. The number of aromatic nitrogens is 4. The number of rotatable bonds is 6. The van der Waals surface area contributed by atoms with Crippen molar-refractivity contribution >= 4 is 11.9 Å². The minimum Gasteiger partial charge on any atom is -0.497 e. The fourth-order valence-electron chi connectivity index (χ4n) is 3.55. The molecule has 1 N–H and O–H groups in total. The third-order valence-electron chi connectivity index (χ3n) is 4.96. The molecular formula is C21H24N6O. The molecule has 3 heterocycles. The van der Waals surface area contributed by atoms with E-state index in [1.807, 2.05) is 18.2 Å². The van der Waals surface area contributed by atoms with E-state index in [4.69, 9.17) is 9.72 Å². The van der Waals surface area contributed by atoms with Crippen LogP contribution in [0.5, 0.6) is 5.75 Å². The smallest absolute Gasteiger partial charge is 0.229 e. The molecule has 0 saturated carbocycles. The number of methoxy groups -OCH3 is 1. The number of likely N-dealkylation sites (tertiary alicyclic amines) is 1. The Labute approximate surface area is 164 Å². The van der Waals surface area contributed by atoms with Gasteiger partial charge >= 0.3 is 0 Å². The van der Waals surface area contributed by atoms with Gasteiger partial charge in [0.1, 0.15) is 5.75 Å². The van der Waals surface area contributed by atoms with Crippen LogP contribution in [0.25, 0.3) is 0 Å². The lowest BCUT2D eigenvalue weighted by atomic mass is 9.94. The minimum atomic E-state index is 0.396. The number of anilines is 2. The van der Waals surface area contributed by atoms with Crippen LogP contribution < -0.4 is 10.1 Å². The van der Waals surface area contributed by atoms with E-state index < -0.39 is 0 Å². The van der Waals surface area contributed by atoms with Crippen LogP contribution in [0.2, 0.25) is 0 Å². The Morgan fingerprint density at radius 1 is 1.04 bits per heavy atom. The van der Waals surface area contributed by atoms with Crippen LogP contribution in [-0.2, 0) is 6.54 Å². The van der Waals surface area contributed by atoms with E-state index in [1.165, 1.54) is 5.56 Å². The summed E-state index contributed by atoms with van der Waals surface area (Å²) < 4.78 is 5.25. The van der Waals surface area contributed by atoms with Crippen molar-refractivity contribution in [2.75, 3.05) is 25.5 Å². The van der Waals surface area contributed by atoms with E-state index in [2.05, 4.69) is 37.3 Å². The van der Waals surface area contributed by atoms with Crippen molar-refractivity contribution in [1.29, 1.82) is 0 Å². The van der Waals surface area contributed by atoms with Gasteiger partial charge in [-0.2, -0.15) is 0 Å². The van der Waals surface area contributed by atoms with Crippen molar-refractivity contribution in [3.05, 3.63) is 66.2 Å². The second kappa shape index (κ2) is 8.75.